The van der Waals surface area contributed by atoms with Crippen LogP contribution in [0.1, 0.15) is 0 Å². The van der Waals surface area contributed by atoms with Crippen molar-refractivity contribution >= 4 is 16.9 Å². The third-order valence-electron chi connectivity index (χ3n) is 2.66. The summed E-state index contributed by atoms with van der Waals surface area (Å²) >= 11 is 0. The maximum Gasteiger partial charge on any atom is 0.364 e. The van der Waals surface area contributed by atoms with Gasteiger partial charge in [-0.1, -0.05) is 4.73 Å². The molecule has 0 spiro atoms. The number of aromatic amines is 1. The summed E-state index contributed by atoms with van der Waals surface area (Å²) in [4.78, 5) is 23.6. The van der Waals surface area contributed by atoms with Crippen molar-refractivity contribution in [1.29, 1.82) is 0 Å². The summed E-state index contributed by atoms with van der Waals surface area (Å²) in [7, 11) is 0. The highest BCUT2D eigenvalue weighted by Gasteiger charge is 2.08. The maximum absolute atomic E-state index is 10.2. The lowest BCUT2D eigenvalue weighted by Crippen LogP contribution is -2.12. The first kappa shape index (κ1) is 17.3. The molecule has 0 aromatic carbocycles. The molecule has 4 heterocycles. The molecule has 4 rings (SSSR count). The second-order valence-corrected chi connectivity index (χ2v) is 4.38. The lowest BCUT2D eigenvalue weighted by molar-refractivity contribution is 0.144. The second kappa shape index (κ2) is 8.01. The number of rotatable bonds is 0. The van der Waals surface area contributed by atoms with Gasteiger partial charge in [0, 0.05) is 11.6 Å². The Morgan fingerprint density at radius 1 is 1.20 bits per heavy atom. The fraction of sp³-hybridized carbons (Fsp3) is 0. The monoisotopic (exact) mass is 346 g/mol. The Morgan fingerprint density at radius 3 is 2.48 bits per heavy atom. The summed E-state index contributed by atoms with van der Waals surface area (Å²) < 4.78 is 4.37. The van der Waals surface area contributed by atoms with E-state index in [0.29, 0.717) is 11.5 Å². The Hall–Kier alpha value is -4.02. The fourth-order valence-corrected chi connectivity index (χ4v) is 1.55. The summed E-state index contributed by atoms with van der Waals surface area (Å²) in [5, 5.41) is 26.3. The van der Waals surface area contributed by atoms with Gasteiger partial charge in [0.15, 0.2) is 12.0 Å². The van der Waals surface area contributed by atoms with E-state index >= 15 is 0 Å². The lowest BCUT2D eigenvalue weighted by Gasteiger charge is -1.94. The number of H-pyrrole nitrogens is 1. The molecular weight excluding hydrogens is 332 g/mol. The maximum atomic E-state index is 10.2. The van der Waals surface area contributed by atoms with E-state index in [2.05, 4.69) is 19.4 Å². The molecule has 0 fully saturated rings. The molecule has 0 aliphatic carbocycles. The van der Waals surface area contributed by atoms with Gasteiger partial charge in [0.1, 0.15) is 12.1 Å². The first-order valence-electron chi connectivity index (χ1n) is 6.70. The van der Waals surface area contributed by atoms with Gasteiger partial charge in [-0.25, -0.2) is 19.7 Å². The number of hydrogen-bond donors (Lipinski definition) is 5. The van der Waals surface area contributed by atoms with Crippen molar-refractivity contribution in [3.8, 4) is 11.8 Å². The number of oxazole rings is 1. The summed E-state index contributed by atoms with van der Waals surface area (Å²) in [5.74, 6) is -1.13. The van der Waals surface area contributed by atoms with Crippen LogP contribution in [0.15, 0.2) is 58.5 Å². The van der Waals surface area contributed by atoms with E-state index in [1.54, 1.807) is 23.4 Å². The summed E-state index contributed by atoms with van der Waals surface area (Å²) in [6.45, 7) is 0. The van der Waals surface area contributed by atoms with Gasteiger partial charge in [-0.3, -0.25) is 4.98 Å². The number of aromatic nitrogens is 5. The van der Waals surface area contributed by atoms with Crippen LogP contribution >= 0.6 is 0 Å². The SMILES string of the molecule is Nc1ccc2cccnc2n1.O=c1[nH]c(O)c(O)n1O.c1cocn1. The molecule has 0 unspecified atom stereocenters. The van der Waals surface area contributed by atoms with Crippen LogP contribution in [-0.4, -0.2) is 40.1 Å². The number of nitrogens with zero attached hydrogens (tertiary/aromatic N) is 4. The molecule has 11 heteroatoms. The van der Waals surface area contributed by atoms with Crippen LogP contribution in [0.25, 0.3) is 11.0 Å². The van der Waals surface area contributed by atoms with Gasteiger partial charge in [0.25, 0.3) is 11.8 Å². The number of aromatic hydroxyl groups is 2. The minimum Gasteiger partial charge on any atom is -0.491 e. The number of nitrogens with two attached hydrogens (primary N) is 1. The van der Waals surface area contributed by atoms with E-state index in [1.165, 1.54) is 12.7 Å². The fourth-order valence-electron chi connectivity index (χ4n) is 1.55. The minimum atomic E-state index is -0.981. The Morgan fingerprint density at radius 2 is 2.00 bits per heavy atom. The topological polar surface area (TPSA) is 176 Å². The minimum absolute atomic E-state index is 0.102. The molecule has 0 aliphatic rings. The second-order valence-electron chi connectivity index (χ2n) is 4.38. The zero-order valence-electron chi connectivity index (χ0n) is 12.6. The van der Waals surface area contributed by atoms with Crippen molar-refractivity contribution in [3.05, 3.63) is 59.8 Å². The molecule has 6 N–H and O–H groups in total. The van der Waals surface area contributed by atoms with Crippen molar-refractivity contribution in [1.82, 2.24) is 24.7 Å². The molecule has 0 saturated carbocycles. The molecule has 0 amide bonds. The number of nitrogen functional groups attached to an aromatic ring is 1. The number of hydrogen-bond acceptors (Lipinski definition) is 9. The summed E-state index contributed by atoms with van der Waals surface area (Å²) in [6, 6.07) is 7.50. The number of nitrogens with one attached hydrogen (secondary N) is 1. The molecule has 0 atom stereocenters. The van der Waals surface area contributed by atoms with Crippen molar-refractivity contribution in [2.45, 2.75) is 0 Å². The van der Waals surface area contributed by atoms with Gasteiger partial charge in [-0.15, -0.1) is 0 Å². The van der Waals surface area contributed by atoms with Crippen molar-refractivity contribution in [2.75, 3.05) is 5.73 Å². The smallest absolute Gasteiger partial charge is 0.364 e. The summed E-state index contributed by atoms with van der Waals surface area (Å²) in [6.07, 6.45) is 6.18. The normalized spacial score (nSPS) is 9.60. The van der Waals surface area contributed by atoms with E-state index in [4.69, 9.17) is 21.2 Å². The molecule has 0 saturated heterocycles. The number of imidazole rings is 1. The lowest BCUT2D eigenvalue weighted by atomic mass is 10.3. The standard InChI is InChI=1S/C8H7N3.C3H4N2O4.C3H3NO/c9-7-4-3-6-2-1-5-10-8(6)11-7;6-1-2(7)5(9)3(8)4-1;1-2-5-3-4-1/h1-5H,(H2,9,10,11);6-7,9H,(H,4,8);1-3H. The Kier molecular flexibility index (Phi) is 5.55. The third-order valence-corrected chi connectivity index (χ3v) is 2.66. The van der Waals surface area contributed by atoms with Crippen LogP contribution in [-0.2, 0) is 0 Å². The Bertz CT molecular complexity index is 962. The zero-order chi connectivity index (χ0) is 18.2. The van der Waals surface area contributed by atoms with Gasteiger partial charge in [0.05, 0.1) is 6.20 Å². The Labute approximate surface area is 139 Å². The van der Waals surface area contributed by atoms with E-state index in [-0.39, 0.29) is 4.73 Å². The van der Waals surface area contributed by atoms with E-state index < -0.39 is 17.4 Å². The Balaban J connectivity index is 0.000000145. The first-order valence-corrected chi connectivity index (χ1v) is 6.70. The van der Waals surface area contributed by atoms with Gasteiger partial charge < -0.3 is 25.6 Å². The highest BCUT2D eigenvalue weighted by Crippen LogP contribution is 2.15. The first-order chi connectivity index (χ1) is 12.0. The van der Waals surface area contributed by atoms with Gasteiger partial charge in [0.2, 0.25) is 0 Å². The average molecular weight is 346 g/mol. The number of pyridine rings is 2. The van der Waals surface area contributed by atoms with Crippen LogP contribution in [0.4, 0.5) is 5.82 Å². The molecule has 0 aliphatic heterocycles. The molecule has 130 valence electrons. The predicted molar refractivity (Wildman–Crippen MR) is 86.0 cm³/mol. The number of anilines is 1. The van der Waals surface area contributed by atoms with Crippen LogP contribution < -0.4 is 11.4 Å². The molecule has 0 bridgehead atoms. The largest absolute Gasteiger partial charge is 0.491 e. The van der Waals surface area contributed by atoms with Crippen molar-refractivity contribution in [3.63, 3.8) is 0 Å². The highest BCUT2D eigenvalue weighted by atomic mass is 16.5. The van der Waals surface area contributed by atoms with Crippen LogP contribution in [0.5, 0.6) is 11.8 Å². The van der Waals surface area contributed by atoms with Crippen LogP contribution in [0.3, 0.4) is 0 Å². The predicted octanol–water partition coefficient (Wildman–Crippen LogP) is 0.711. The quantitative estimate of drug-likeness (QED) is 0.287. The van der Waals surface area contributed by atoms with E-state index in [1.807, 2.05) is 18.2 Å². The van der Waals surface area contributed by atoms with Crippen LogP contribution in [0, 0.1) is 0 Å². The summed E-state index contributed by atoms with van der Waals surface area (Å²) in [5.41, 5.74) is 5.19. The molecule has 25 heavy (non-hydrogen) atoms. The van der Waals surface area contributed by atoms with Gasteiger partial charge in [-0.05, 0) is 24.3 Å². The highest BCUT2D eigenvalue weighted by molar-refractivity contribution is 5.75. The molecule has 11 nitrogen and oxygen atoms in total. The molecule has 4 aromatic heterocycles. The van der Waals surface area contributed by atoms with E-state index in [0.717, 1.165) is 5.39 Å². The van der Waals surface area contributed by atoms with Crippen LogP contribution in [0.2, 0.25) is 0 Å². The van der Waals surface area contributed by atoms with Gasteiger partial charge in [-0.2, -0.15) is 0 Å². The van der Waals surface area contributed by atoms with Gasteiger partial charge >= 0.3 is 5.69 Å². The molecular formula is C14H14N6O5. The van der Waals surface area contributed by atoms with Crippen molar-refractivity contribution in [2.24, 2.45) is 0 Å². The third kappa shape index (κ3) is 4.72. The molecule has 0 radical (unpaired) electrons. The molecule has 4 aromatic rings. The average Bonchev–Trinajstić information content (AvgIpc) is 3.26. The van der Waals surface area contributed by atoms with E-state index in [9.17, 15) is 4.79 Å². The van der Waals surface area contributed by atoms with Crippen molar-refractivity contribution < 1.29 is 19.8 Å². The number of fused-ring (bicyclic) bond motifs is 1. The zero-order valence-corrected chi connectivity index (χ0v) is 12.6.